The number of pyridine rings is 1. The molecule has 0 fully saturated rings. The molecule has 0 unspecified atom stereocenters. The van der Waals surface area contributed by atoms with Crippen LogP contribution in [0.25, 0.3) is 5.65 Å². The summed E-state index contributed by atoms with van der Waals surface area (Å²) in [6.07, 6.45) is 3.04. The molecule has 0 saturated heterocycles. The smallest absolute Gasteiger partial charge is 0.137 e. The van der Waals surface area contributed by atoms with Crippen molar-refractivity contribution in [2.24, 2.45) is 5.73 Å². The van der Waals surface area contributed by atoms with Gasteiger partial charge in [-0.15, -0.1) is 0 Å². The van der Waals surface area contributed by atoms with Crippen LogP contribution in [0.15, 0.2) is 18.3 Å². The lowest BCUT2D eigenvalue weighted by molar-refractivity contribution is 0.992. The van der Waals surface area contributed by atoms with E-state index < -0.39 is 0 Å². The molecule has 0 spiro atoms. The van der Waals surface area contributed by atoms with Gasteiger partial charge in [-0.3, -0.25) is 0 Å². The van der Waals surface area contributed by atoms with Crippen LogP contribution < -0.4 is 5.73 Å². The Morgan fingerprint density at radius 2 is 2.21 bits per heavy atom. The van der Waals surface area contributed by atoms with Crippen LogP contribution in [0, 0.1) is 6.92 Å². The van der Waals surface area contributed by atoms with Crippen molar-refractivity contribution in [1.29, 1.82) is 0 Å². The maximum atomic E-state index is 5.60. The molecule has 3 nitrogen and oxygen atoms in total. The summed E-state index contributed by atoms with van der Waals surface area (Å²) in [7, 11) is 0. The van der Waals surface area contributed by atoms with Gasteiger partial charge in [-0.05, 0) is 25.0 Å². The highest BCUT2D eigenvalue weighted by Gasteiger charge is 2.05. The minimum absolute atomic E-state index is 0.578. The maximum absolute atomic E-state index is 5.60. The van der Waals surface area contributed by atoms with Gasteiger partial charge in [-0.1, -0.05) is 13.0 Å². The van der Waals surface area contributed by atoms with E-state index in [2.05, 4.69) is 29.4 Å². The Kier molecular flexibility index (Phi) is 2.25. The summed E-state index contributed by atoms with van der Waals surface area (Å²) in [5.74, 6) is 0. The van der Waals surface area contributed by atoms with Crippen LogP contribution in [0.5, 0.6) is 0 Å². The summed E-state index contributed by atoms with van der Waals surface area (Å²) >= 11 is 0. The lowest BCUT2D eigenvalue weighted by atomic mass is 10.2. The summed E-state index contributed by atoms with van der Waals surface area (Å²) in [5.41, 5.74) is 10.1. The fraction of sp³-hybridized carbons (Fsp3) is 0.364. The second kappa shape index (κ2) is 3.42. The van der Waals surface area contributed by atoms with Gasteiger partial charge in [0, 0.05) is 18.4 Å². The van der Waals surface area contributed by atoms with Gasteiger partial charge in [-0.2, -0.15) is 0 Å². The standard InChI is InChI=1S/C11H15N3/c1-3-10-8(2)14-7-9(6-12)4-5-11(14)13-10/h4-5,7H,3,6,12H2,1-2H3. The molecule has 14 heavy (non-hydrogen) atoms. The predicted molar refractivity (Wildman–Crippen MR) is 57.2 cm³/mol. The van der Waals surface area contributed by atoms with Crippen LogP contribution >= 0.6 is 0 Å². The minimum atomic E-state index is 0.578. The molecule has 0 atom stereocenters. The van der Waals surface area contributed by atoms with Crippen molar-refractivity contribution >= 4 is 5.65 Å². The number of aromatic nitrogens is 2. The molecular weight excluding hydrogens is 174 g/mol. The van der Waals surface area contributed by atoms with Crippen LogP contribution in [0.2, 0.25) is 0 Å². The van der Waals surface area contributed by atoms with Gasteiger partial charge in [-0.25, -0.2) is 4.98 Å². The van der Waals surface area contributed by atoms with Crippen molar-refractivity contribution in [1.82, 2.24) is 9.38 Å². The monoisotopic (exact) mass is 189 g/mol. The summed E-state index contributed by atoms with van der Waals surface area (Å²) in [6.45, 7) is 4.80. The van der Waals surface area contributed by atoms with Crippen molar-refractivity contribution in [3.8, 4) is 0 Å². The van der Waals surface area contributed by atoms with Gasteiger partial charge in [0.15, 0.2) is 0 Å². The zero-order valence-corrected chi connectivity index (χ0v) is 8.62. The van der Waals surface area contributed by atoms with Gasteiger partial charge in [0.05, 0.1) is 5.69 Å². The molecule has 74 valence electrons. The average molecular weight is 189 g/mol. The first kappa shape index (κ1) is 9.21. The molecule has 0 aromatic carbocycles. The van der Waals surface area contributed by atoms with Crippen molar-refractivity contribution in [3.63, 3.8) is 0 Å². The van der Waals surface area contributed by atoms with Gasteiger partial charge in [0.25, 0.3) is 0 Å². The Hall–Kier alpha value is -1.35. The third kappa shape index (κ3) is 1.30. The second-order valence-corrected chi connectivity index (χ2v) is 3.47. The Balaban J connectivity index is 2.68. The Morgan fingerprint density at radius 1 is 1.43 bits per heavy atom. The third-order valence-corrected chi connectivity index (χ3v) is 2.59. The SMILES string of the molecule is CCc1nc2ccc(CN)cn2c1C. The van der Waals surface area contributed by atoms with E-state index in [1.807, 2.05) is 12.1 Å². The van der Waals surface area contributed by atoms with E-state index in [0.717, 1.165) is 17.6 Å². The van der Waals surface area contributed by atoms with Gasteiger partial charge in [0.1, 0.15) is 5.65 Å². The molecule has 2 rings (SSSR count). The van der Waals surface area contributed by atoms with Crippen LogP contribution in [-0.2, 0) is 13.0 Å². The summed E-state index contributed by atoms with van der Waals surface area (Å²) in [4.78, 5) is 4.53. The summed E-state index contributed by atoms with van der Waals surface area (Å²) in [6, 6.07) is 4.05. The highest BCUT2D eigenvalue weighted by Crippen LogP contribution is 2.13. The summed E-state index contributed by atoms with van der Waals surface area (Å²) in [5, 5.41) is 0. The largest absolute Gasteiger partial charge is 0.326 e. The topological polar surface area (TPSA) is 43.3 Å². The molecule has 0 aliphatic heterocycles. The highest BCUT2D eigenvalue weighted by molar-refractivity contribution is 5.44. The number of hydrogen-bond donors (Lipinski definition) is 1. The molecule has 0 bridgehead atoms. The number of fused-ring (bicyclic) bond motifs is 1. The summed E-state index contributed by atoms with van der Waals surface area (Å²) < 4.78 is 2.11. The normalized spacial score (nSPS) is 11.1. The Morgan fingerprint density at radius 3 is 2.86 bits per heavy atom. The number of hydrogen-bond acceptors (Lipinski definition) is 2. The molecule has 0 saturated carbocycles. The Labute approximate surface area is 83.6 Å². The highest BCUT2D eigenvalue weighted by atomic mass is 15.0. The molecular formula is C11H15N3. The number of rotatable bonds is 2. The lowest BCUT2D eigenvalue weighted by Gasteiger charge is -2.00. The number of aryl methyl sites for hydroxylation is 2. The first-order chi connectivity index (χ1) is 6.76. The molecule has 2 aromatic rings. The fourth-order valence-corrected chi connectivity index (χ4v) is 1.71. The first-order valence-corrected chi connectivity index (χ1v) is 4.92. The quantitative estimate of drug-likeness (QED) is 0.780. The second-order valence-electron chi connectivity index (χ2n) is 3.47. The zero-order valence-electron chi connectivity index (χ0n) is 8.62. The number of imidazole rings is 1. The van der Waals surface area contributed by atoms with Crippen LogP contribution in [0.1, 0.15) is 23.9 Å². The van der Waals surface area contributed by atoms with Crippen LogP contribution in [0.4, 0.5) is 0 Å². The van der Waals surface area contributed by atoms with E-state index in [4.69, 9.17) is 5.73 Å². The molecule has 0 aliphatic carbocycles. The van der Waals surface area contributed by atoms with E-state index in [1.165, 1.54) is 11.4 Å². The van der Waals surface area contributed by atoms with E-state index in [-0.39, 0.29) is 0 Å². The molecule has 2 aromatic heterocycles. The molecule has 0 radical (unpaired) electrons. The zero-order chi connectivity index (χ0) is 10.1. The van der Waals surface area contributed by atoms with Crippen molar-refractivity contribution < 1.29 is 0 Å². The van der Waals surface area contributed by atoms with Crippen LogP contribution in [-0.4, -0.2) is 9.38 Å². The predicted octanol–water partition coefficient (Wildman–Crippen LogP) is 1.66. The van der Waals surface area contributed by atoms with E-state index in [9.17, 15) is 0 Å². The fourth-order valence-electron chi connectivity index (χ4n) is 1.71. The van der Waals surface area contributed by atoms with Crippen molar-refractivity contribution in [2.75, 3.05) is 0 Å². The van der Waals surface area contributed by atoms with Crippen LogP contribution in [0.3, 0.4) is 0 Å². The van der Waals surface area contributed by atoms with Gasteiger partial charge in [0.2, 0.25) is 0 Å². The van der Waals surface area contributed by atoms with E-state index in [0.29, 0.717) is 6.54 Å². The van der Waals surface area contributed by atoms with Gasteiger partial charge >= 0.3 is 0 Å². The number of nitrogens with two attached hydrogens (primary N) is 1. The third-order valence-electron chi connectivity index (χ3n) is 2.59. The molecule has 2 heterocycles. The van der Waals surface area contributed by atoms with Gasteiger partial charge < -0.3 is 10.1 Å². The minimum Gasteiger partial charge on any atom is -0.326 e. The average Bonchev–Trinajstić information content (AvgIpc) is 2.55. The van der Waals surface area contributed by atoms with Crippen molar-refractivity contribution in [2.45, 2.75) is 26.8 Å². The first-order valence-electron chi connectivity index (χ1n) is 4.92. The molecule has 3 heteroatoms. The van der Waals surface area contributed by atoms with Crippen molar-refractivity contribution in [3.05, 3.63) is 35.3 Å². The molecule has 0 aliphatic rings. The lowest BCUT2D eigenvalue weighted by Crippen LogP contribution is -1.98. The maximum Gasteiger partial charge on any atom is 0.137 e. The Bertz CT molecular complexity index is 457. The number of nitrogens with zero attached hydrogens (tertiary/aromatic N) is 2. The van der Waals surface area contributed by atoms with E-state index >= 15 is 0 Å². The molecule has 0 amide bonds. The van der Waals surface area contributed by atoms with E-state index in [1.54, 1.807) is 0 Å². The molecule has 2 N–H and O–H groups in total.